The lowest BCUT2D eigenvalue weighted by molar-refractivity contribution is -0.117. The average Bonchev–Trinajstić information content (AvgIpc) is 3.13. The van der Waals surface area contributed by atoms with Crippen LogP contribution < -0.4 is 5.32 Å². The summed E-state index contributed by atoms with van der Waals surface area (Å²) in [4.78, 5) is 20.4. The van der Waals surface area contributed by atoms with Crippen molar-refractivity contribution in [1.82, 2.24) is 9.97 Å². The SMILES string of the molecule is Cc1ccncc1-c1ccc2nc(NC(=O)[C@H]3C[C@@H]3F)sc2c1.Cl.Cl. The van der Waals surface area contributed by atoms with Gasteiger partial charge in [-0.1, -0.05) is 17.4 Å². The quantitative estimate of drug-likeness (QED) is 0.687. The van der Waals surface area contributed by atoms with Crippen molar-refractivity contribution < 1.29 is 9.18 Å². The molecule has 1 saturated carbocycles. The molecule has 0 radical (unpaired) electrons. The molecule has 132 valence electrons. The Balaban J connectivity index is 0.00000113. The molecule has 25 heavy (non-hydrogen) atoms. The van der Waals surface area contributed by atoms with Gasteiger partial charge < -0.3 is 5.32 Å². The number of thiazole rings is 1. The number of carbonyl (C=O) groups excluding carboxylic acids is 1. The van der Waals surface area contributed by atoms with Crippen LogP contribution in [0.5, 0.6) is 0 Å². The van der Waals surface area contributed by atoms with Crippen LogP contribution in [-0.2, 0) is 4.79 Å². The molecule has 2 aromatic heterocycles. The molecule has 3 aromatic rings. The second-order valence-corrected chi connectivity index (χ2v) is 6.77. The number of carbonyl (C=O) groups is 1. The molecule has 1 N–H and O–H groups in total. The minimum Gasteiger partial charge on any atom is -0.302 e. The van der Waals surface area contributed by atoms with E-state index in [4.69, 9.17) is 0 Å². The first-order valence-corrected chi connectivity index (χ1v) is 8.20. The van der Waals surface area contributed by atoms with Gasteiger partial charge in [0.15, 0.2) is 5.13 Å². The summed E-state index contributed by atoms with van der Waals surface area (Å²) in [5.41, 5.74) is 4.12. The number of hydrogen-bond acceptors (Lipinski definition) is 4. The number of fused-ring (bicyclic) bond motifs is 1. The molecule has 1 aromatic carbocycles. The van der Waals surface area contributed by atoms with E-state index in [1.54, 1.807) is 6.20 Å². The van der Waals surface area contributed by atoms with Crippen LogP contribution in [0.25, 0.3) is 21.3 Å². The van der Waals surface area contributed by atoms with Gasteiger partial charge in [-0.3, -0.25) is 9.78 Å². The van der Waals surface area contributed by atoms with Crippen molar-refractivity contribution in [2.24, 2.45) is 5.92 Å². The number of anilines is 1. The van der Waals surface area contributed by atoms with Gasteiger partial charge >= 0.3 is 0 Å². The summed E-state index contributed by atoms with van der Waals surface area (Å²) < 4.78 is 13.9. The number of nitrogens with zero attached hydrogens (tertiary/aromatic N) is 2. The van der Waals surface area contributed by atoms with Crippen molar-refractivity contribution in [3.05, 3.63) is 42.2 Å². The third-order valence-electron chi connectivity index (χ3n) is 4.02. The molecule has 4 nitrogen and oxygen atoms in total. The molecule has 1 aliphatic carbocycles. The molecule has 0 saturated heterocycles. The summed E-state index contributed by atoms with van der Waals surface area (Å²) in [7, 11) is 0. The molecular formula is C17H16Cl2FN3OS. The number of halogens is 3. The van der Waals surface area contributed by atoms with Crippen LogP contribution >= 0.6 is 36.2 Å². The number of aryl methyl sites for hydroxylation is 1. The molecule has 2 atom stereocenters. The first-order valence-electron chi connectivity index (χ1n) is 7.38. The molecular weight excluding hydrogens is 384 g/mol. The second kappa shape index (κ2) is 7.64. The van der Waals surface area contributed by atoms with Gasteiger partial charge in [-0.25, -0.2) is 9.37 Å². The van der Waals surface area contributed by atoms with E-state index in [2.05, 4.69) is 15.3 Å². The number of hydrogen-bond donors (Lipinski definition) is 1. The summed E-state index contributed by atoms with van der Waals surface area (Å²) >= 11 is 1.40. The lowest BCUT2D eigenvalue weighted by atomic mass is 10.0. The average molecular weight is 400 g/mol. The molecule has 0 unspecified atom stereocenters. The van der Waals surface area contributed by atoms with E-state index in [0.717, 1.165) is 26.9 Å². The minimum absolute atomic E-state index is 0. The van der Waals surface area contributed by atoms with Crippen molar-refractivity contribution in [2.45, 2.75) is 19.5 Å². The topological polar surface area (TPSA) is 54.9 Å². The van der Waals surface area contributed by atoms with Gasteiger partial charge in [0.2, 0.25) is 5.91 Å². The van der Waals surface area contributed by atoms with Crippen LogP contribution in [0, 0.1) is 12.8 Å². The summed E-state index contributed by atoms with van der Waals surface area (Å²) in [6.45, 7) is 2.04. The van der Waals surface area contributed by atoms with E-state index in [9.17, 15) is 9.18 Å². The normalized spacial score (nSPS) is 18.2. The van der Waals surface area contributed by atoms with Gasteiger partial charge in [0.25, 0.3) is 0 Å². The van der Waals surface area contributed by atoms with Crippen LogP contribution in [0.15, 0.2) is 36.7 Å². The van der Waals surface area contributed by atoms with Crippen LogP contribution in [-0.4, -0.2) is 22.0 Å². The zero-order valence-electron chi connectivity index (χ0n) is 13.2. The van der Waals surface area contributed by atoms with E-state index in [1.165, 1.54) is 11.3 Å². The fourth-order valence-corrected chi connectivity index (χ4v) is 3.45. The minimum atomic E-state index is -0.996. The third-order valence-corrected chi connectivity index (χ3v) is 4.95. The standard InChI is InChI=1S/C17H14FN3OS.2ClH/c1-9-4-5-19-8-12(9)10-2-3-14-15(6-10)23-17(20-14)21-16(22)11-7-13(11)18;;/h2-6,8,11,13H,7H2,1H3,(H,20,21,22);2*1H/t11-,13-;;/m0../s1. The Morgan fingerprint density at radius 2 is 2.08 bits per heavy atom. The second-order valence-electron chi connectivity index (χ2n) is 5.74. The van der Waals surface area contributed by atoms with Crippen molar-refractivity contribution in [1.29, 1.82) is 0 Å². The molecule has 4 rings (SSSR count). The van der Waals surface area contributed by atoms with Gasteiger partial charge in [-0.05, 0) is 42.7 Å². The first-order chi connectivity index (χ1) is 11.1. The number of nitrogens with one attached hydrogen (secondary N) is 1. The highest BCUT2D eigenvalue weighted by molar-refractivity contribution is 7.22. The Bertz CT molecular complexity index is 918. The third kappa shape index (κ3) is 3.92. The molecule has 0 spiro atoms. The van der Waals surface area contributed by atoms with E-state index in [0.29, 0.717) is 11.6 Å². The highest BCUT2D eigenvalue weighted by Crippen LogP contribution is 2.36. The van der Waals surface area contributed by atoms with E-state index >= 15 is 0 Å². The summed E-state index contributed by atoms with van der Waals surface area (Å²) in [6, 6.07) is 7.94. The number of alkyl halides is 1. The first kappa shape index (κ1) is 19.6. The maximum absolute atomic E-state index is 12.9. The number of aromatic nitrogens is 2. The molecule has 8 heteroatoms. The molecule has 0 bridgehead atoms. The van der Waals surface area contributed by atoms with Crippen LogP contribution in [0.2, 0.25) is 0 Å². The number of amides is 1. The van der Waals surface area contributed by atoms with Gasteiger partial charge in [-0.15, -0.1) is 24.8 Å². The Morgan fingerprint density at radius 3 is 2.76 bits per heavy atom. The van der Waals surface area contributed by atoms with Crippen LogP contribution in [0.4, 0.5) is 9.52 Å². The Hall–Kier alpha value is -1.76. The molecule has 1 amide bonds. The van der Waals surface area contributed by atoms with Crippen molar-refractivity contribution >= 4 is 57.4 Å². The lowest BCUT2D eigenvalue weighted by Crippen LogP contribution is -2.14. The Labute approximate surface area is 160 Å². The fraction of sp³-hybridized carbons (Fsp3) is 0.235. The predicted molar refractivity (Wildman–Crippen MR) is 104 cm³/mol. The molecule has 1 aliphatic rings. The fourth-order valence-electron chi connectivity index (χ4n) is 2.55. The summed E-state index contributed by atoms with van der Waals surface area (Å²) in [6.07, 6.45) is 2.94. The largest absolute Gasteiger partial charge is 0.302 e. The van der Waals surface area contributed by atoms with Gasteiger partial charge in [-0.2, -0.15) is 0 Å². The summed E-state index contributed by atoms with van der Waals surface area (Å²) in [5, 5.41) is 3.23. The monoisotopic (exact) mass is 399 g/mol. The number of rotatable bonds is 3. The zero-order valence-corrected chi connectivity index (χ0v) is 15.7. The summed E-state index contributed by atoms with van der Waals surface area (Å²) in [5.74, 6) is -0.782. The van der Waals surface area contributed by atoms with E-state index in [-0.39, 0.29) is 30.7 Å². The van der Waals surface area contributed by atoms with Gasteiger partial charge in [0, 0.05) is 18.0 Å². The Kier molecular flexibility index (Phi) is 5.98. The van der Waals surface area contributed by atoms with Crippen molar-refractivity contribution in [2.75, 3.05) is 5.32 Å². The maximum atomic E-state index is 12.9. The zero-order chi connectivity index (χ0) is 16.0. The van der Waals surface area contributed by atoms with Crippen LogP contribution in [0.1, 0.15) is 12.0 Å². The Morgan fingerprint density at radius 1 is 1.32 bits per heavy atom. The highest BCUT2D eigenvalue weighted by atomic mass is 35.5. The number of pyridine rings is 1. The maximum Gasteiger partial charge on any atom is 0.232 e. The highest BCUT2D eigenvalue weighted by Gasteiger charge is 2.43. The van der Waals surface area contributed by atoms with E-state index in [1.807, 2.05) is 37.4 Å². The van der Waals surface area contributed by atoms with E-state index < -0.39 is 12.1 Å². The molecule has 1 fully saturated rings. The smallest absolute Gasteiger partial charge is 0.232 e. The van der Waals surface area contributed by atoms with Crippen LogP contribution in [0.3, 0.4) is 0 Å². The molecule has 0 aliphatic heterocycles. The lowest BCUT2D eigenvalue weighted by Gasteiger charge is -2.04. The number of benzene rings is 1. The predicted octanol–water partition coefficient (Wildman–Crippen LogP) is 4.81. The van der Waals surface area contributed by atoms with Gasteiger partial charge in [0.05, 0.1) is 16.1 Å². The molecule has 2 heterocycles. The van der Waals surface area contributed by atoms with Crippen molar-refractivity contribution in [3.63, 3.8) is 0 Å². The van der Waals surface area contributed by atoms with Crippen molar-refractivity contribution in [3.8, 4) is 11.1 Å². The van der Waals surface area contributed by atoms with Gasteiger partial charge in [0.1, 0.15) is 6.17 Å².